The van der Waals surface area contributed by atoms with E-state index in [1.807, 2.05) is 62.1 Å². The second-order valence-electron chi connectivity index (χ2n) is 14.1. The average Bonchev–Trinajstić information content (AvgIpc) is 3.27. The highest BCUT2D eigenvalue weighted by Gasteiger charge is 2.26. The highest BCUT2D eigenvalue weighted by atomic mass is 79.9. The zero-order chi connectivity index (χ0) is 49.5. The third-order valence-electron chi connectivity index (χ3n) is 8.33. The fourth-order valence-corrected chi connectivity index (χ4v) is 6.06. The number of hydrogen-bond donors (Lipinski definition) is 0. The van der Waals surface area contributed by atoms with Gasteiger partial charge in [-0.05, 0) is 75.5 Å². The maximum Gasteiger partial charge on any atom is 0.166 e. The third kappa shape index (κ3) is 7.61. The lowest BCUT2D eigenvalue weighted by Crippen LogP contribution is -2.17. The molecule has 0 radical (unpaired) electrons. The SMILES string of the molecule is [2H]c1c([2H])c([2H])c(-c2cccc(N(c3cc(Br)cc(C(C)(C)C)c3)c3ccc(C(C)(C)C)cc3-c3nc(-c4c([2H])c([2H])c([2H])c([2H])c4[2H])nc(-c4c([2H])c([2H])c([2H])c([2H])c4[2H])n3)c2)c([2H])c1[2H]. The molecule has 0 saturated heterocycles. The van der Waals surface area contributed by atoms with Crippen LogP contribution < -0.4 is 4.90 Å². The van der Waals surface area contributed by atoms with E-state index in [0.717, 1.165) is 11.1 Å². The molecule has 0 unspecified atom stereocenters. The first-order chi connectivity index (χ1) is 31.1. The van der Waals surface area contributed by atoms with Crippen LogP contribution in [0.5, 0.6) is 0 Å². The molecule has 1 aromatic heterocycles. The molecule has 0 aliphatic carbocycles. The Labute approximate surface area is 337 Å². The van der Waals surface area contributed by atoms with Crippen LogP contribution in [0.4, 0.5) is 17.1 Å². The van der Waals surface area contributed by atoms with E-state index in [1.54, 1.807) is 24.3 Å². The summed E-state index contributed by atoms with van der Waals surface area (Å²) in [5, 5.41) is 0. The van der Waals surface area contributed by atoms with Gasteiger partial charge in [-0.15, -0.1) is 0 Å². The summed E-state index contributed by atoms with van der Waals surface area (Å²) >= 11 is 3.72. The fraction of sp³-hybridized carbons (Fsp3) is 0.170. The zero-order valence-electron chi connectivity index (χ0n) is 44.4. The summed E-state index contributed by atoms with van der Waals surface area (Å²) in [5.74, 6) is -1.01. The Bertz CT molecular complexity index is 3030. The first-order valence-corrected chi connectivity index (χ1v) is 17.3. The Hall–Kier alpha value is -5.39. The summed E-state index contributed by atoms with van der Waals surface area (Å²) in [6.07, 6.45) is 0. The lowest BCUT2D eigenvalue weighted by Gasteiger charge is -2.31. The maximum atomic E-state index is 8.90. The van der Waals surface area contributed by atoms with Crippen molar-refractivity contribution in [1.29, 1.82) is 0 Å². The van der Waals surface area contributed by atoms with Crippen molar-refractivity contribution >= 4 is 33.0 Å². The quantitative estimate of drug-likeness (QED) is 0.162. The predicted octanol–water partition coefficient (Wildman–Crippen LogP) is 13.4. The van der Waals surface area contributed by atoms with Gasteiger partial charge in [-0.1, -0.05) is 166 Å². The zero-order valence-corrected chi connectivity index (χ0v) is 31.0. The van der Waals surface area contributed by atoms with E-state index in [0.29, 0.717) is 27.1 Å². The van der Waals surface area contributed by atoms with Crippen molar-refractivity contribution in [2.45, 2.75) is 52.4 Å². The van der Waals surface area contributed by atoms with Crippen molar-refractivity contribution in [2.24, 2.45) is 0 Å². The lowest BCUT2D eigenvalue weighted by atomic mass is 9.85. The molecule has 0 N–H and O–H groups in total. The molecule has 0 atom stereocenters. The molecule has 0 aliphatic heterocycles. The second-order valence-corrected chi connectivity index (χ2v) is 15.0. The van der Waals surface area contributed by atoms with Crippen LogP contribution in [0.3, 0.4) is 0 Å². The minimum absolute atomic E-state index is 0.0234. The minimum Gasteiger partial charge on any atom is -0.310 e. The highest BCUT2D eigenvalue weighted by molar-refractivity contribution is 9.10. The molecule has 0 saturated carbocycles. The Morgan fingerprint density at radius 1 is 0.500 bits per heavy atom. The van der Waals surface area contributed by atoms with Gasteiger partial charge in [-0.25, -0.2) is 15.0 Å². The van der Waals surface area contributed by atoms with E-state index in [2.05, 4.69) is 41.7 Å². The summed E-state index contributed by atoms with van der Waals surface area (Å²) in [5.41, 5.74) is 2.00. The van der Waals surface area contributed by atoms with E-state index in [-0.39, 0.29) is 22.4 Å². The minimum atomic E-state index is -0.674. The van der Waals surface area contributed by atoms with Gasteiger partial charge in [-0.2, -0.15) is 0 Å². The molecule has 7 rings (SSSR count). The first kappa shape index (κ1) is 21.2. The van der Waals surface area contributed by atoms with E-state index in [4.69, 9.17) is 30.5 Å². The van der Waals surface area contributed by atoms with Crippen LogP contribution in [0.2, 0.25) is 0 Å². The van der Waals surface area contributed by atoms with Crippen LogP contribution in [0.1, 0.15) is 73.2 Å². The molecule has 4 nitrogen and oxygen atoms in total. The molecule has 0 aliphatic rings. The summed E-state index contributed by atoms with van der Waals surface area (Å²) < 4.78 is 130. The maximum absolute atomic E-state index is 8.90. The largest absolute Gasteiger partial charge is 0.310 e. The van der Waals surface area contributed by atoms with E-state index in [9.17, 15) is 0 Å². The molecule has 0 fully saturated rings. The normalized spacial score (nSPS) is 15.8. The molecule has 52 heavy (non-hydrogen) atoms. The number of hydrogen-bond acceptors (Lipinski definition) is 4. The standard InChI is InChI=1S/C47H43BrN4/c1-46(2,3)36-25-26-42(41(30-36)45-50-43(33-19-12-8-13-20-33)49-44(51-45)34-21-14-9-15-22-34)52(40-29-37(47(4,5)6)28-38(48)31-40)39-24-16-23-35(27-39)32-17-10-7-11-18-32/h7-31H,1-6H3/i7D,8D,9D,10D,11D,12D,13D,14D,15D,17D,18D,19D,20D,21D,22D. The molecule has 1 heterocycles. The van der Waals surface area contributed by atoms with Gasteiger partial charge < -0.3 is 4.90 Å². The van der Waals surface area contributed by atoms with Crippen LogP contribution in [-0.4, -0.2) is 15.0 Å². The first-order valence-electron chi connectivity index (χ1n) is 24.0. The van der Waals surface area contributed by atoms with Gasteiger partial charge in [0.15, 0.2) is 17.5 Å². The number of benzene rings is 6. The van der Waals surface area contributed by atoms with Crippen molar-refractivity contribution in [3.63, 3.8) is 0 Å². The molecule has 0 amide bonds. The molecule has 6 aromatic carbocycles. The van der Waals surface area contributed by atoms with Gasteiger partial charge in [0, 0.05) is 32.5 Å². The molecule has 7 aromatic rings. The average molecular weight is 759 g/mol. The molecule has 0 bridgehead atoms. The Morgan fingerprint density at radius 2 is 1.04 bits per heavy atom. The van der Waals surface area contributed by atoms with Crippen molar-refractivity contribution in [3.8, 4) is 45.3 Å². The van der Waals surface area contributed by atoms with Crippen LogP contribution in [0.25, 0.3) is 45.3 Å². The van der Waals surface area contributed by atoms with Gasteiger partial charge >= 0.3 is 0 Å². The molecular weight excluding hydrogens is 700 g/mol. The molecular formula is C47H43BrN4. The van der Waals surface area contributed by atoms with Crippen molar-refractivity contribution in [2.75, 3.05) is 4.90 Å². The Kier molecular flexibility index (Phi) is 5.84. The number of nitrogens with zero attached hydrogens (tertiary/aromatic N) is 4. The van der Waals surface area contributed by atoms with E-state index < -0.39 is 119 Å². The van der Waals surface area contributed by atoms with Crippen LogP contribution >= 0.6 is 15.9 Å². The van der Waals surface area contributed by atoms with Gasteiger partial charge in [0.05, 0.1) is 26.2 Å². The Morgan fingerprint density at radius 3 is 1.60 bits per heavy atom. The summed E-state index contributed by atoms with van der Waals surface area (Å²) in [6.45, 7) is 12.1. The Balaban J connectivity index is 1.66. The second kappa shape index (κ2) is 14.3. The topological polar surface area (TPSA) is 41.9 Å². The number of rotatable bonds is 7. The van der Waals surface area contributed by atoms with Gasteiger partial charge in [0.25, 0.3) is 0 Å². The fourth-order valence-electron chi connectivity index (χ4n) is 5.58. The highest BCUT2D eigenvalue weighted by Crippen LogP contribution is 2.45. The number of aromatic nitrogens is 3. The van der Waals surface area contributed by atoms with E-state index >= 15 is 0 Å². The lowest BCUT2D eigenvalue weighted by molar-refractivity contribution is 0.589. The molecule has 5 heteroatoms. The summed E-state index contributed by atoms with van der Waals surface area (Å²) in [4.78, 5) is 16.0. The molecule has 0 spiro atoms. The molecule has 258 valence electrons. The predicted molar refractivity (Wildman–Crippen MR) is 221 cm³/mol. The third-order valence-corrected chi connectivity index (χ3v) is 8.78. The van der Waals surface area contributed by atoms with Crippen LogP contribution in [0, 0.1) is 0 Å². The summed E-state index contributed by atoms with van der Waals surface area (Å²) in [7, 11) is 0. The van der Waals surface area contributed by atoms with Crippen molar-refractivity contribution < 1.29 is 20.6 Å². The van der Waals surface area contributed by atoms with E-state index in [1.165, 1.54) is 0 Å². The van der Waals surface area contributed by atoms with Crippen LogP contribution in [-0.2, 0) is 10.8 Å². The monoisotopic (exact) mass is 757 g/mol. The summed E-state index contributed by atoms with van der Waals surface area (Å²) in [6, 6.07) is 9.26. The smallest absolute Gasteiger partial charge is 0.166 e. The van der Waals surface area contributed by atoms with Gasteiger partial charge in [0.1, 0.15) is 0 Å². The van der Waals surface area contributed by atoms with Crippen molar-refractivity contribution in [3.05, 3.63) is 167 Å². The number of anilines is 3. The van der Waals surface area contributed by atoms with Crippen LogP contribution in [0.15, 0.2) is 156 Å². The van der Waals surface area contributed by atoms with Gasteiger partial charge in [-0.3, -0.25) is 0 Å². The van der Waals surface area contributed by atoms with Gasteiger partial charge in [0.2, 0.25) is 0 Å². The number of halogens is 1. The van der Waals surface area contributed by atoms with Crippen molar-refractivity contribution in [1.82, 2.24) is 15.0 Å².